The summed E-state index contributed by atoms with van der Waals surface area (Å²) >= 11 is 0. The van der Waals surface area contributed by atoms with Crippen LogP contribution in [0.2, 0.25) is 0 Å². The second-order valence-corrected chi connectivity index (χ2v) is 5.68. The highest BCUT2D eigenvalue weighted by atomic mass is 19.4. The summed E-state index contributed by atoms with van der Waals surface area (Å²) in [5.74, 6) is -1.10. The van der Waals surface area contributed by atoms with Crippen LogP contribution in [0.3, 0.4) is 0 Å². The number of alkyl halides is 3. The molecule has 1 aliphatic heterocycles. The van der Waals surface area contributed by atoms with Gasteiger partial charge in [-0.1, -0.05) is 31.5 Å². The molecule has 1 atom stereocenters. The van der Waals surface area contributed by atoms with E-state index in [1.165, 1.54) is 18.2 Å². The Morgan fingerprint density at radius 1 is 1.36 bits per heavy atom. The number of nitrogens with two attached hydrogens (primary N) is 1. The van der Waals surface area contributed by atoms with E-state index in [9.17, 15) is 18.4 Å². The average Bonchev–Trinajstić information content (AvgIpc) is 2.95. The summed E-state index contributed by atoms with van der Waals surface area (Å²) < 4.78 is 45.8. The maximum Gasteiger partial charge on any atom is 0.416 e. The van der Waals surface area contributed by atoms with Gasteiger partial charge in [0.25, 0.3) is 0 Å². The zero-order valence-corrected chi connectivity index (χ0v) is 13.3. The number of ether oxygens (including phenoxy) is 1. The minimum Gasteiger partial charge on any atom is -0.420 e. The maximum absolute atomic E-state index is 13.5. The fourth-order valence-corrected chi connectivity index (χ4v) is 3.07. The first-order valence-electron chi connectivity index (χ1n) is 7.69. The normalized spacial score (nSPS) is 17.0. The van der Waals surface area contributed by atoms with E-state index in [2.05, 4.69) is 10.2 Å². The second-order valence-electron chi connectivity index (χ2n) is 5.68. The number of fused-ring (bicyclic) bond motifs is 1. The number of hydrogen-bond acceptors (Lipinski definition) is 4. The topological polar surface area (TPSA) is 87.7 Å². The predicted molar refractivity (Wildman–Crippen MR) is 83.3 cm³/mol. The van der Waals surface area contributed by atoms with Gasteiger partial charge in [0.05, 0.1) is 11.5 Å². The van der Waals surface area contributed by atoms with Crippen LogP contribution in [0, 0.1) is 11.3 Å². The molecular formula is C17H15F3N4O. The van der Waals surface area contributed by atoms with Gasteiger partial charge >= 0.3 is 6.18 Å². The third kappa shape index (κ3) is 2.82. The summed E-state index contributed by atoms with van der Waals surface area (Å²) in [5, 5.41) is 16.3. The number of H-pyrrole nitrogens is 1. The monoisotopic (exact) mass is 348 g/mol. The molecule has 1 aromatic heterocycles. The molecule has 1 aromatic carbocycles. The van der Waals surface area contributed by atoms with Crippen molar-refractivity contribution in [2.75, 3.05) is 0 Å². The molecule has 2 aromatic rings. The number of halogens is 3. The van der Waals surface area contributed by atoms with Crippen LogP contribution in [0.1, 0.15) is 41.6 Å². The van der Waals surface area contributed by atoms with Crippen LogP contribution in [0.15, 0.2) is 35.7 Å². The van der Waals surface area contributed by atoms with Crippen LogP contribution >= 0.6 is 0 Å². The lowest BCUT2D eigenvalue weighted by Crippen LogP contribution is -2.23. The first kappa shape index (κ1) is 16.9. The molecule has 0 spiro atoms. The van der Waals surface area contributed by atoms with Crippen molar-refractivity contribution in [3.05, 3.63) is 58.1 Å². The Bertz CT molecular complexity index is 877. The Morgan fingerprint density at radius 2 is 2.08 bits per heavy atom. The third-order valence-corrected chi connectivity index (χ3v) is 4.10. The van der Waals surface area contributed by atoms with Gasteiger partial charge in [-0.2, -0.15) is 18.4 Å². The van der Waals surface area contributed by atoms with E-state index in [-0.39, 0.29) is 22.9 Å². The van der Waals surface area contributed by atoms with E-state index < -0.39 is 17.7 Å². The van der Waals surface area contributed by atoms with Crippen LogP contribution in [0.4, 0.5) is 13.2 Å². The van der Waals surface area contributed by atoms with Crippen LogP contribution in [0.25, 0.3) is 0 Å². The number of aromatic amines is 1. The van der Waals surface area contributed by atoms with Gasteiger partial charge in [-0.25, -0.2) is 0 Å². The minimum atomic E-state index is -4.56. The molecule has 1 aliphatic rings. The van der Waals surface area contributed by atoms with E-state index in [4.69, 9.17) is 10.5 Å². The Labute approximate surface area is 141 Å². The SMILES string of the molecule is CCCc1[nH]nc2c1C(c1ccccc1C(F)(F)F)C(C#N)=C(N)O2. The molecule has 8 heteroatoms. The molecule has 0 amide bonds. The number of rotatable bonds is 3. The van der Waals surface area contributed by atoms with Crippen LogP contribution < -0.4 is 10.5 Å². The first-order chi connectivity index (χ1) is 11.9. The van der Waals surface area contributed by atoms with Crippen LogP contribution in [-0.2, 0) is 12.6 Å². The summed E-state index contributed by atoms with van der Waals surface area (Å²) in [4.78, 5) is 0. The van der Waals surface area contributed by atoms with Gasteiger partial charge in [0.15, 0.2) is 0 Å². The molecule has 25 heavy (non-hydrogen) atoms. The summed E-state index contributed by atoms with van der Waals surface area (Å²) in [6, 6.07) is 7.07. The summed E-state index contributed by atoms with van der Waals surface area (Å²) in [6.07, 6.45) is -3.24. The average molecular weight is 348 g/mol. The molecule has 130 valence electrons. The Balaban J connectivity index is 2.28. The fraction of sp³-hybridized carbons (Fsp3) is 0.294. The molecule has 5 nitrogen and oxygen atoms in total. The molecule has 1 unspecified atom stereocenters. The molecule has 2 heterocycles. The Kier molecular flexibility index (Phi) is 4.17. The van der Waals surface area contributed by atoms with Crippen molar-refractivity contribution < 1.29 is 17.9 Å². The van der Waals surface area contributed by atoms with Crippen molar-refractivity contribution in [1.29, 1.82) is 5.26 Å². The van der Waals surface area contributed by atoms with Gasteiger partial charge in [-0.05, 0) is 18.1 Å². The van der Waals surface area contributed by atoms with Crippen molar-refractivity contribution in [3.63, 3.8) is 0 Å². The lowest BCUT2D eigenvalue weighted by molar-refractivity contribution is -0.138. The number of benzene rings is 1. The number of aryl methyl sites for hydroxylation is 1. The number of nitriles is 1. The number of hydrogen-bond donors (Lipinski definition) is 2. The molecule has 0 aliphatic carbocycles. The van der Waals surface area contributed by atoms with Gasteiger partial charge in [0.1, 0.15) is 11.6 Å². The summed E-state index contributed by atoms with van der Waals surface area (Å²) in [7, 11) is 0. The highest BCUT2D eigenvalue weighted by Crippen LogP contribution is 2.46. The largest absolute Gasteiger partial charge is 0.420 e. The molecule has 3 rings (SSSR count). The van der Waals surface area contributed by atoms with Crippen molar-refractivity contribution in [2.45, 2.75) is 31.9 Å². The van der Waals surface area contributed by atoms with E-state index in [0.717, 1.165) is 12.5 Å². The molecule has 0 radical (unpaired) electrons. The lowest BCUT2D eigenvalue weighted by atomic mass is 9.81. The third-order valence-electron chi connectivity index (χ3n) is 4.10. The van der Waals surface area contributed by atoms with E-state index in [0.29, 0.717) is 17.7 Å². The van der Waals surface area contributed by atoms with Crippen molar-refractivity contribution in [2.24, 2.45) is 5.73 Å². The molecule has 0 saturated heterocycles. The van der Waals surface area contributed by atoms with Gasteiger partial charge in [0, 0.05) is 11.3 Å². The number of allylic oxidation sites excluding steroid dienone is 1. The standard InChI is InChI=1S/C17H15F3N4O/c1-2-5-12-14-13(9-6-3-4-7-11(9)17(18,19)20)10(8-21)15(22)25-16(14)24-23-12/h3-4,6-7,13H,2,5,22H2,1H3,(H,23,24). The van der Waals surface area contributed by atoms with E-state index in [1.807, 2.05) is 13.0 Å². The highest BCUT2D eigenvalue weighted by Gasteiger charge is 2.41. The first-order valence-corrected chi connectivity index (χ1v) is 7.69. The number of aromatic nitrogens is 2. The fourth-order valence-electron chi connectivity index (χ4n) is 3.07. The van der Waals surface area contributed by atoms with Gasteiger partial charge in [-0.3, -0.25) is 5.10 Å². The molecule has 3 N–H and O–H groups in total. The zero-order chi connectivity index (χ0) is 18.2. The second kappa shape index (κ2) is 6.16. The predicted octanol–water partition coefficient (Wildman–Crippen LogP) is 3.60. The van der Waals surface area contributed by atoms with Gasteiger partial charge in [0.2, 0.25) is 11.8 Å². The van der Waals surface area contributed by atoms with Crippen molar-refractivity contribution in [3.8, 4) is 11.9 Å². The van der Waals surface area contributed by atoms with Crippen molar-refractivity contribution in [1.82, 2.24) is 10.2 Å². The van der Waals surface area contributed by atoms with E-state index >= 15 is 0 Å². The highest BCUT2D eigenvalue weighted by molar-refractivity contribution is 5.57. The summed E-state index contributed by atoms with van der Waals surface area (Å²) in [5.41, 5.74) is 5.94. The molecule has 0 saturated carbocycles. The molecular weight excluding hydrogens is 333 g/mol. The molecule has 0 bridgehead atoms. The summed E-state index contributed by atoms with van der Waals surface area (Å²) in [6.45, 7) is 1.94. The number of nitrogens with one attached hydrogen (secondary N) is 1. The smallest absolute Gasteiger partial charge is 0.416 e. The molecule has 0 fully saturated rings. The van der Waals surface area contributed by atoms with Gasteiger partial charge < -0.3 is 10.5 Å². The Morgan fingerprint density at radius 3 is 2.72 bits per heavy atom. The zero-order valence-electron chi connectivity index (χ0n) is 13.3. The Hall–Kier alpha value is -2.95. The van der Waals surface area contributed by atoms with Crippen molar-refractivity contribution >= 4 is 0 Å². The minimum absolute atomic E-state index is 0.0437. The van der Waals surface area contributed by atoms with Gasteiger partial charge in [-0.15, -0.1) is 5.10 Å². The van der Waals surface area contributed by atoms with E-state index in [1.54, 1.807) is 0 Å². The number of nitrogens with zero attached hydrogens (tertiary/aromatic N) is 2. The van der Waals surface area contributed by atoms with Crippen LogP contribution in [-0.4, -0.2) is 10.2 Å². The van der Waals surface area contributed by atoms with Crippen LogP contribution in [0.5, 0.6) is 5.88 Å². The maximum atomic E-state index is 13.5. The lowest BCUT2D eigenvalue weighted by Gasteiger charge is -2.26. The quantitative estimate of drug-likeness (QED) is 0.887.